The number of oxazole rings is 1. The van der Waals surface area contributed by atoms with Crippen molar-refractivity contribution in [3.8, 4) is 11.3 Å². The van der Waals surface area contributed by atoms with Gasteiger partial charge < -0.3 is 14.5 Å². The van der Waals surface area contributed by atoms with Crippen LogP contribution in [0.4, 0.5) is 17.6 Å². The van der Waals surface area contributed by atoms with Crippen LogP contribution in [0.25, 0.3) is 11.3 Å². The second-order valence-corrected chi connectivity index (χ2v) is 9.29. The van der Waals surface area contributed by atoms with Gasteiger partial charge in [0.15, 0.2) is 5.76 Å². The van der Waals surface area contributed by atoms with E-state index in [4.69, 9.17) is 20.8 Å². The van der Waals surface area contributed by atoms with Gasteiger partial charge in [0.1, 0.15) is 12.4 Å². The average Bonchev–Trinajstić information content (AvgIpc) is 3.10. The molecule has 2 bridgehead atoms. The van der Waals surface area contributed by atoms with Crippen LogP contribution in [-0.2, 0) is 19.7 Å². The topological polar surface area (TPSA) is 73.6 Å². The molecule has 1 N–H and O–H groups in total. The van der Waals surface area contributed by atoms with Crippen LogP contribution in [-0.4, -0.2) is 41.6 Å². The Morgan fingerprint density at radius 1 is 1.25 bits per heavy atom. The summed E-state index contributed by atoms with van der Waals surface area (Å²) in [5, 5.41) is 2.98. The second-order valence-electron chi connectivity index (χ2n) is 8.89. The van der Waals surface area contributed by atoms with E-state index >= 15 is 0 Å². The van der Waals surface area contributed by atoms with E-state index in [1.165, 1.54) is 12.1 Å². The molecule has 1 amide bonds. The molecule has 1 aromatic heterocycles. The van der Waals surface area contributed by atoms with E-state index in [-0.39, 0.29) is 41.3 Å². The predicted molar refractivity (Wildman–Crippen MR) is 103 cm³/mol. The first-order chi connectivity index (χ1) is 15.0. The second kappa shape index (κ2) is 7.43. The normalized spacial score (nSPS) is 30.8. The number of nitrogens with zero attached hydrogens (tertiary/aromatic N) is 1. The minimum atomic E-state index is -4.65. The predicted octanol–water partition coefficient (Wildman–Crippen LogP) is 4.51. The van der Waals surface area contributed by atoms with Crippen molar-refractivity contribution in [2.24, 2.45) is 0 Å². The molecule has 1 aromatic carbocycles. The van der Waals surface area contributed by atoms with Crippen molar-refractivity contribution < 1.29 is 36.2 Å². The molecule has 6 rings (SSSR count). The Bertz CT molecular complexity index is 1030. The molecule has 4 aliphatic rings. The highest BCUT2D eigenvalue weighted by molar-refractivity contribution is 6.30. The van der Waals surface area contributed by atoms with Crippen LogP contribution < -0.4 is 5.32 Å². The van der Waals surface area contributed by atoms with E-state index in [1.54, 1.807) is 12.3 Å². The van der Waals surface area contributed by atoms with Crippen molar-refractivity contribution in [3.05, 3.63) is 41.1 Å². The highest BCUT2D eigenvalue weighted by Crippen LogP contribution is 2.67. The molecule has 32 heavy (non-hydrogen) atoms. The number of aromatic nitrogens is 1. The molecule has 0 spiro atoms. The third kappa shape index (κ3) is 3.99. The number of carbonyl (C=O) groups is 1. The lowest BCUT2D eigenvalue weighted by Crippen LogP contribution is -2.77. The summed E-state index contributed by atoms with van der Waals surface area (Å²) in [6.45, 7) is -0.205. The summed E-state index contributed by atoms with van der Waals surface area (Å²) >= 11 is 5.71. The maximum absolute atomic E-state index is 13.7. The van der Waals surface area contributed by atoms with E-state index in [1.807, 2.05) is 0 Å². The number of hydrogen-bond acceptors (Lipinski definition) is 5. The van der Waals surface area contributed by atoms with Gasteiger partial charge >= 0.3 is 6.36 Å². The summed E-state index contributed by atoms with van der Waals surface area (Å²) in [5.74, 6) is 0.158. The largest absolute Gasteiger partial charge is 0.522 e. The lowest BCUT2D eigenvalue weighted by atomic mass is 9.39. The number of halogens is 5. The zero-order valence-electron chi connectivity index (χ0n) is 16.7. The van der Waals surface area contributed by atoms with Crippen molar-refractivity contribution in [2.75, 3.05) is 6.61 Å². The zero-order chi connectivity index (χ0) is 22.7. The Kier molecular flexibility index (Phi) is 5.03. The standard InChI is InChI=1S/C21H19ClF4N2O4/c22-14-2-1-11(3-15(14)23)16-6-27-18(31-16)19-8-20(9-19,10-19)28-17(29)7-30-12-4-13(5-12)32-21(24,25)26/h1-3,6,12-13H,4-5,7-10H2,(H,28,29)/t12-,13+,19?,20?. The number of nitrogens with one attached hydrogen (secondary N) is 1. The van der Waals surface area contributed by atoms with Crippen molar-refractivity contribution >= 4 is 17.5 Å². The third-order valence-electron chi connectivity index (χ3n) is 6.40. The van der Waals surface area contributed by atoms with Gasteiger partial charge in [0, 0.05) is 23.9 Å². The molecule has 11 heteroatoms. The maximum atomic E-state index is 13.7. The summed E-state index contributed by atoms with van der Waals surface area (Å²) < 4.78 is 65.2. The Labute approximate surface area is 185 Å². The van der Waals surface area contributed by atoms with Gasteiger partial charge in [0.2, 0.25) is 11.8 Å². The van der Waals surface area contributed by atoms with Crippen LogP contribution in [0.2, 0.25) is 5.02 Å². The molecule has 172 valence electrons. The fourth-order valence-electron chi connectivity index (χ4n) is 4.91. The van der Waals surface area contributed by atoms with Crippen LogP contribution in [0.1, 0.15) is 38.0 Å². The molecule has 0 atom stereocenters. The van der Waals surface area contributed by atoms with Gasteiger partial charge in [-0.05, 0) is 37.5 Å². The summed E-state index contributed by atoms with van der Waals surface area (Å²) in [4.78, 5) is 16.5. The van der Waals surface area contributed by atoms with E-state index in [2.05, 4.69) is 15.0 Å². The lowest BCUT2D eigenvalue weighted by molar-refractivity contribution is -0.357. The minimum Gasteiger partial charge on any atom is -0.440 e. The molecule has 2 aromatic rings. The van der Waals surface area contributed by atoms with Crippen molar-refractivity contribution in [1.29, 1.82) is 0 Å². The Hall–Kier alpha value is -2.17. The first kappa shape index (κ1) is 21.7. The van der Waals surface area contributed by atoms with Crippen LogP contribution >= 0.6 is 11.6 Å². The molecule has 0 saturated heterocycles. The van der Waals surface area contributed by atoms with Crippen LogP contribution in [0.5, 0.6) is 0 Å². The fraction of sp³-hybridized carbons (Fsp3) is 0.524. The number of rotatable bonds is 7. The monoisotopic (exact) mass is 474 g/mol. The first-order valence-electron chi connectivity index (χ1n) is 10.1. The average molecular weight is 475 g/mol. The van der Waals surface area contributed by atoms with Gasteiger partial charge in [-0.3, -0.25) is 9.53 Å². The molecular weight excluding hydrogens is 456 g/mol. The zero-order valence-corrected chi connectivity index (χ0v) is 17.4. The summed E-state index contributed by atoms with van der Waals surface area (Å²) in [6.07, 6.45) is -2.17. The summed E-state index contributed by atoms with van der Waals surface area (Å²) in [5.41, 5.74) is -0.0347. The summed E-state index contributed by atoms with van der Waals surface area (Å²) in [7, 11) is 0. The van der Waals surface area contributed by atoms with E-state index in [0.29, 0.717) is 36.5 Å². The van der Waals surface area contributed by atoms with Gasteiger partial charge in [0.25, 0.3) is 0 Å². The molecule has 0 unspecified atom stereocenters. The maximum Gasteiger partial charge on any atom is 0.522 e. The number of benzene rings is 1. The third-order valence-corrected chi connectivity index (χ3v) is 6.71. The fourth-order valence-corrected chi connectivity index (χ4v) is 5.03. The smallest absolute Gasteiger partial charge is 0.440 e. The van der Waals surface area contributed by atoms with Gasteiger partial charge in [0.05, 0.1) is 28.8 Å². The van der Waals surface area contributed by atoms with E-state index in [0.717, 1.165) is 0 Å². The Balaban J connectivity index is 1.08. The van der Waals surface area contributed by atoms with Crippen molar-refractivity contribution in [3.63, 3.8) is 0 Å². The van der Waals surface area contributed by atoms with Gasteiger partial charge in [-0.2, -0.15) is 0 Å². The number of ether oxygens (including phenoxy) is 2. The first-order valence-corrected chi connectivity index (χ1v) is 10.5. The quantitative estimate of drug-likeness (QED) is 0.598. The number of hydrogen-bond donors (Lipinski definition) is 1. The minimum absolute atomic E-state index is 0.0290. The molecule has 6 nitrogen and oxygen atoms in total. The molecule has 1 heterocycles. The summed E-state index contributed by atoms with van der Waals surface area (Å²) in [6, 6.07) is 4.39. The van der Waals surface area contributed by atoms with Gasteiger partial charge in [-0.25, -0.2) is 9.37 Å². The molecule has 4 fully saturated rings. The molecule has 0 aliphatic heterocycles. The SMILES string of the molecule is O=C(CO[C@H]1C[C@@H](OC(F)(F)F)C1)NC12CC(c3ncc(-c4ccc(Cl)c(F)c4)o3)(C1)C2. The van der Waals surface area contributed by atoms with Gasteiger partial charge in [-0.15, -0.1) is 13.2 Å². The number of alkyl halides is 3. The molecule has 4 aliphatic carbocycles. The lowest BCUT2D eigenvalue weighted by Gasteiger charge is -2.68. The van der Waals surface area contributed by atoms with Crippen LogP contribution in [0.3, 0.4) is 0 Å². The highest BCUT2D eigenvalue weighted by atomic mass is 35.5. The Morgan fingerprint density at radius 3 is 2.62 bits per heavy atom. The number of carbonyl (C=O) groups excluding carboxylic acids is 1. The van der Waals surface area contributed by atoms with Crippen LogP contribution in [0.15, 0.2) is 28.8 Å². The van der Waals surface area contributed by atoms with Crippen molar-refractivity contribution in [1.82, 2.24) is 10.3 Å². The van der Waals surface area contributed by atoms with E-state index in [9.17, 15) is 22.4 Å². The Morgan fingerprint density at radius 2 is 1.97 bits per heavy atom. The van der Waals surface area contributed by atoms with Crippen LogP contribution in [0, 0.1) is 5.82 Å². The van der Waals surface area contributed by atoms with E-state index < -0.39 is 24.4 Å². The highest BCUT2D eigenvalue weighted by Gasteiger charge is 2.71. The molecule has 4 saturated carbocycles. The van der Waals surface area contributed by atoms with Gasteiger partial charge in [-0.1, -0.05) is 11.6 Å². The molecular formula is C21H19ClF4N2O4. The number of amides is 1. The van der Waals surface area contributed by atoms with Crippen molar-refractivity contribution in [2.45, 2.75) is 61.6 Å². The molecule has 0 radical (unpaired) electrons.